The van der Waals surface area contributed by atoms with Gasteiger partial charge in [-0.05, 0) is 38.2 Å². The summed E-state index contributed by atoms with van der Waals surface area (Å²) in [5.41, 5.74) is 2.71. The predicted octanol–water partition coefficient (Wildman–Crippen LogP) is 2.52. The lowest BCUT2D eigenvalue weighted by Crippen LogP contribution is -2.19. The molecule has 2 aromatic rings. The zero-order valence-corrected chi connectivity index (χ0v) is 11.2. The van der Waals surface area contributed by atoms with Gasteiger partial charge in [-0.25, -0.2) is 0 Å². The highest BCUT2D eigenvalue weighted by Gasteiger charge is 2.04. The van der Waals surface area contributed by atoms with E-state index in [1.54, 1.807) is 6.07 Å². The quantitative estimate of drug-likeness (QED) is 0.922. The molecule has 0 fully saturated rings. The number of pyridine rings is 1. The van der Waals surface area contributed by atoms with E-state index in [2.05, 4.69) is 5.32 Å². The Balaban J connectivity index is 2.53. The van der Waals surface area contributed by atoms with E-state index in [1.807, 2.05) is 49.0 Å². The Bertz CT molecular complexity index is 602. The van der Waals surface area contributed by atoms with Gasteiger partial charge in [0, 0.05) is 40.8 Å². The van der Waals surface area contributed by atoms with Crippen LogP contribution in [0.4, 0.5) is 0 Å². The Kier molecular flexibility index (Phi) is 3.84. The molecular weight excluding hydrogens is 248 g/mol. The fourth-order valence-electron chi connectivity index (χ4n) is 1.88. The third-order valence-corrected chi connectivity index (χ3v) is 3.05. The maximum atomic E-state index is 11.8. The van der Waals surface area contributed by atoms with Crippen molar-refractivity contribution >= 4 is 11.6 Å². The molecule has 0 aliphatic heterocycles. The maximum absolute atomic E-state index is 11.8. The first-order valence-electron chi connectivity index (χ1n) is 5.74. The van der Waals surface area contributed by atoms with Crippen LogP contribution in [0.2, 0.25) is 5.02 Å². The first-order chi connectivity index (χ1) is 8.61. The number of halogens is 1. The molecule has 94 valence electrons. The van der Waals surface area contributed by atoms with E-state index < -0.39 is 0 Å². The molecule has 0 saturated carbocycles. The number of hydrogen-bond acceptors (Lipinski definition) is 2. The SMILES string of the molecule is CNCc1cn(-c2ccc(Cl)cc2)c(C)cc1=O. The van der Waals surface area contributed by atoms with E-state index in [4.69, 9.17) is 11.6 Å². The molecule has 0 saturated heterocycles. The summed E-state index contributed by atoms with van der Waals surface area (Å²) in [6.45, 7) is 2.48. The van der Waals surface area contributed by atoms with Crippen LogP contribution in [0.15, 0.2) is 41.3 Å². The summed E-state index contributed by atoms with van der Waals surface area (Å²) in [5.74, 6) is 0. The highest BCUT2D eigenvalue weighted by Crippen LogP contribution is 2.15. The summed E-state index contributed by atoms with van der Waals surface area (Å²) < 4.78 is 1.99. The number of hydrogen-bond donors (Lipinski definition) is 1. The fourth-order valence-corrected chi connectivity index (χ4v) is 2.00. The zero-order chi connectivity index (χ0) is 13.1. The van der Waals surface area contributed by atoms with Crippen LogP contribution in [0, 0.1) is 6.92 Å². The second kappa shape index (κ2) is 5.38. The van der Waals surface area contributed by atoms with Crippen molar-refractivity contribution in [2.75, 3.05) is 7.05 Å². The van der Waals surface area contributed by atoms with Crippen molar-refractivity contribution < 1.29 is 0 Å². The topological polar surface area (TPSA) is 34.0 Å². The second-order valence-corrected chi connectivity index (χ2v) is 4.62. The lowest BCUT2D eigenvalue weighted by atomic mass is 10.2. The van der Waals surface area contributed by atoms with Gasteiger partial charge in [0.15, 0.2) is 5.43 Å². The number of nitrogens with one attached hydrogen (secondary N) is 1. The molecule has 1 N–H and O–H groups in total. The van der Waals surface area contributed by atoms with E-state index in [1.165, 1.54) is 0 Å². The minimum atomic E-state index is 0.0621. The molecule has 0 atom stereocenters. The lowest BCUT2D eigenvalue weighted by Gasteiger charge is -2.12. The molecule has 0 bridgehead atoms. The Morgan fingerprint density at radius 1 is 1.28 bits per heavy atom. The highest BCUT2D eigenvalue weighted by molar-refractivity contribution is 6.30. The summed E-state index contributed by atoms with van der Waals surface area (Å²) in [6, 6.07) is 9.20. The molecule has 0 aliphatic carbocycles. The molecule has 18 heavy (non-hydrogen) atoms. The molecule has 1 heterocycles. The molecule has 2 rings (SSSR count). The summed E-state index contributed by atoms with van der Waals surface area (Å²) >= 11 is 5.88. The molecule has 0 radical (unpaired) electrons. The van der Waals surface area contributed by atoms with Gasteiger partial charge in [0.25, 0.3) is 0 Å². The van der Waals surface area contributed by atoms with Gasteiger partial charge in [-0.1, -0.05) is 11.6 Å². The van der Waals surface area contributed by atoms with Crippen molar-refractivity contribution in [3.8, 4) is 5.69 Å². The van der Waals surface area contributed by atoms with Crippen LogP contribution in [0.5, 0.6) is 0 Å². The number of aromatic nitrogens is 1. The summed E-state index contributed by atoms with van der Waals surface area (Å²) in [4.78, 5) is 11.8. The van der Waals surface area contributed by atoms with Gasteiger partial charge >= 0.3 is 0 Å². The Morgan fingerprint density at radius 3 is 2.56 bits per heavy atom. The Morgan fingerprint density at radius 2 is 1.94 bits per heavy atom. The maximum Gasteiger partial charge on any atom is 0.186 e. The van der Waals surface area contributed by atoms with Gasteiger partial charge in [-0.2, -0.15) is 0 Å². The Hall–Kier alpha value is -1.58. The van der Waals surface area contributed by atoms with Crippen molar-refractivity contribution in [1.82, 2.24) is 9.88 Å². The molecule has 1 aromatic carbocycles. The Labute approximate surface area is 111 Å². The van der Waals surface area contributed by atoms with Gasteiger partial charge in [0.05, 0.1) is 0 Å². The van der Waals surface area contributed by atoms with Gasteiger partial charge in [-0.3, -0.25) is 4.79 Å². The zero-order valence-electron chi connectivity index (χ0n) is 10.4. The molecule has 0 spiro atoms. The monoisotopic (exact) mass is 262 g/mol. The van der Waals surface area contributed by atoms with Crippen molar-refractivity contribution in [3.05, 3.63) is 63.0 Å². The van der Waals surface area contributed by atoms with Crippen molar-refractivity contribution in [2.24, 2.45) is 0 Å². The van der Waals surface area contributed by atoms with Crippen molar-refractivity contribution in [1.29, 1.82) is 0 Å². The molecule has 0 aliphatic rings. The largest absolute Gasteiger partial charge is 0.321 e. The number of aryl methyl sites for hydroxylation is 1. The van der Waals surface area contributed by atoms with Crippen molar-refractivity contribution in [3.63, 3.8) is 0 Å². The lowest BCUT2D eigenvalue weighted by molar-refractivity contribution is 0.794. The van der Waals surface area contributed by atoms with E-state index in [9.17, 15) is 4.79 Å². The third kappa shape index (κ3) is 2.63. The summed E-state index contributed by atoms with van der Waals surface area (Å²) in [5, 5.41) is 3.70. The minimum Gasteiger partial charge on any atom is -0.321 e. The molecule has 4 heteroatoms. The van der Waals surface area contributed by atoms with Gasteiger partial charge in [0.1, 0.15) is 0 Å². The fraction of sp³-hybridized carbons (Fsp3) is 0.214. The van der Waals surface area contributed by atoms with E-state index in [0.29, 0.717) is 11.6 Å². The molecular formula is C14H15ClN2O. The van der Waals surface area contributed by atoms with Gasteiger partial charge in [-0.15, -0.1) is 0 Å². The van der Waals surface area contributed by atoms with E-state index in [-0.39, 0.29) is 5.43 Å². The smallest absolute Gasteiger partial charge is 0.186 e. The number of nitrogens with zero attached hydrogens (tertiary/aromatic N) is 1. The predicted molar refractivity (Wildman–Crippen MR) is 74.5 cm³/mol. The highest BCUT2D eigenvalue weighted by atomic mass is 35.5. The third-order valence-electron chi connectivity index (χ3n) is 2.79. The van der Waals surface area contributed by atoms with Gasteiger partial charge in [0.2, 0.25) is 0 Å². The van der Waals surface area contributed by atoms with Crippen LogP contribution in [0.3, 0.4) is 0 Å². The molecule has 0 unspecified atom stereocenters. The number of benzene rings is 1. The van der Waals surface area contributed by atoms with E-state index >= 15 is 0 Å². The molecule has 1 aromatic heterocycles. The standard InChI is InChI=1S/C14H15ClN2O/c1-10-7-14(18)11(8-16-2)9-17(10)13-5-3-12(15)4-6-13/h3-7,9,16H,8H2,1-2H3. The summed E-state index contributed by atoms with van der Waals surface area (Å²) in [7, 11) is 1.83. The van der Waals surface area contributed by atoms with Gasteiger partial charge < -0.3 is 9.88 Å². The van der Waals surface area contributed by atoms with Crippen LogP contribution in [0.25, 0.3) is 5.69 Å². The molecule has 0 amide bonds. The van der Waals surface area contributed by atoms with Crippen LogP contribution in [-0.4, -0.2) is 11.6 Å². The van der Waals surface area contributed by atoms with Crippen LogP contribution >= 0.6 is 11.6 Å². The van der Waals surface area contributed by atoms with Crippen LogP contribution in [-0.2, 0) is 6.54 Å². The molecule has 3 nitrogen and oxygen atoms in total. The van der Waals surface area contributed by atoms with Crippen LogP contribution in [0.1, 0.15) is 11.3 Å². The second-order valence-electron chi connectivity index (χ2n) is 4.18. The average molecular weight is 263 g/mol. The van der Waals surface area contributed by atoms with Crippen LogP contribution < -0.4 is 10.7 Å². The normalized spacial score (nSPS) is 10.6. The first-order valence-corrected chi connectivity index (χ1v) is 6.12. The van der Waals surface area contributed by atoms with E-state index in [0.717, 1.165) is 16.9 Å². The number of rotatable bonds is 3. The summed E-state index contributed by atoms with van der Waals surface area (Å²) in [6.07, 6.45) is 1.87. The van der Waals surface area contributed by atoms with Crippen molar-refractivity contribution in [2.45, 2.75) is 13.5 Å². The minimum absolute atomic E-state index is 0.0621. The average Bonchev–Trinajstić information content (AvgIpc) is 2.34. The first kappa shape index (κ1) is 12.9.